The number of esters is 2. The minimum absolute atomic E-state index is 0.140. The van der Waals surface area contributed by atoms with E-state index in [9.17, 15) is 24.0 Å². The van der Waals surface area contributed by atoms with Crippen LogP contribution in [0.2, 0.25) is 25.7 Å². The summed E-state index contributed by atoms with van der Waals surface area (Å²) in [6.45, 7) is 15.8. The second kappa shape index (κ2) is 18.9. The van der Waals surface area contributed by atoms with Crippen molar-refractivity contribution in [3.05, 3.63) is 31.1 Å². The zero-order valence-electron chi connectivity index (χ0n) is 31.4. The van der Waals surface area contributed by atoms with E-state index in [4.69, 9.17) is 18.9 Å². The number of carbonyl (C=O) groups excluding carboxylic acids is 5. The molecular formula is C33H51BrN6O9S2Si. The number of carbonyl (C=O) groups is 5. The normalized spacial score (nSPS) is 16.8. The predicted molar refractivity (Wildman–Crippen MR) is 202 cm³/mol. The Labute approximate surface area is 322 Å². The summed E-state index contributed by atoms with van der Waals surface area (Å²) in [5.41, 5.74) is 2.42. The minimum Gasteiger partial charge on any atom is -0.468 e. The van der Waals surface area contributed by atoms with E-state index >= 15 is 0 Å². The lowest BCUT2D eigenvalue weighted by Gasteiger charge is -2.36. The maximum atomic E-state index is 14.2. The number of ether oxygens (including phenoxy) is 4. The number of likely N-dealkylation sites (N-methyl/N-ethyl adjacent to an activating group) is 1. The van der Waals surface area contributed by atoms with Crippen LogP contribution in [0, 0.1) is 5.92 Å². The number of hydrazine groups is 1. The van der Waals surface area contributed by atoms with E-state index < -0.39 is 67.8 Å². The first-order chi connectivity index (χ1) is 24.2. The van der Waals surface area contributed by atoms with Crippen LogP contribution in [0.1, 0.15) is 74.1 Å². The van der Waals surface area contributed by atoms with E-state index in [1.165, 1.54) is 28.4 Å². The maximum Gasteiger partial charge on any atom is 0.408 e. The van der Waals surface area contributed by atoms with Crippen LogP contribution in [0.25, 0.3) is 0 Å². The van der Waals surface area contributed by atoms with Gasteiger partial charge in [0, 0.05) is 32.4 Å². The van der Waals surface area contributed by atoms with Gasteiger partial charge in [-0.25, -0.2) is 25.0 Å². The third-order valence-corrected chi connectivity index (χ3v) is 12.0. The van der Waals surface area contributed by atoms with Crippen LogP contribution in [-0.4, -0.2) is 109 Å². The van der Waals surface area contributed by atoms with Crippen molar-refractivity contribution in [2.24, 2.45) is 5.92 Å². The Morgan fingerprint density at radius 1 is 1.13 bits per heavy atom. The molecule has 0 bridgehead atoms. The van der Waals surface area contributed by atoms with Crippen LogP contribution in [0.4, 0.5) is 4.79 Å². The number of nitrogens with one attached hydrogen (secondary N) is 2. The number of nitrogens with zero attached hydrogens (tertiary/aromatic N) is 4. The number of aromatic nitrogens is 2. The van der Waals surface area contributed by atoms with Crippen LogP contribution in [-0.2, 0) is 39.9 Å². The Balaban J connectivity index is 1.86. The summed E-state index contributed by atoms with van der Waals surface area (Å²) in [5, 5.41) is 7.80. The lowest BCUT2D eigenvalue weighted by molar-refractivity contribution is -0.152. The molecule has 3 rings (SSSR count). The molecule has 3 amide bonds. The van der Waals surface area contributed by atoms with Gasteiger partial charge in [-0.05, 0) is 61.5 Å². The van der Waals surface area contributed by atoms with Gasteiger partial charge in [-0.15, -0.1) is 22.7 Å². The Hall–Kier alpha value is -2.97. The standard InChI is InChI=1S/C33H51BrN6O9S2Si/c1-19(2)24(31(44)47-14-15-52(8,9)10)39(6)29(42)27-35-20(17-50-27)16-48-25(26-36-22(34)18-51-26)23(37-32(45)49-33(3,4)5)28(41)40-13-11-12-21(38-40)30(43)46-7/h17-19,21,23-25,38H,11-16H2,1-10H3,(H,37,45)/t21-,23-,24-,25-/m0/s1. The predicted octanol–water partition coefficient (Wildman–Crippen LogP) is 5.16. The van der Waals surface area contributed by atoms with Crippen molar-refractivity contribution in [3.8, 4) is 0 Å². The molecule has 1 fully saturated rings. The molecule has 0 aliphatic carbocycles. The summed E-state index contributed by atoms with van der Waals surface area (Å²) in [5.74, 6) is -2.24. The van der Waals surface area contributed by atoms with Gasteiger partial charge in [0.15, 0.2) is 5.01 Å². The van der Waals surface area contributed by atoms with Gasteiger partial charge in [-0.1, -0.05) is 33.5 Å². The Bertz CT molecular complexity index is 1560. The highest BCUT2D eigenvalue weighted by molar-refractivity contribution is 9.10. The Morgan fingerprint density at radius 3 is 2.40 bits per heavy atom. The number of methoxy groups -OCH3 is 1. The molecule has 0 radical (unpaired) electrons. The van der Waals surface area contributed by atoms with Crippen molar-refractivity contribution in [2.45, 2.75) is 110 Å². The molecule has 2 aromatic heterocycles. The van der Waals surface area contributed by atoms with E-state index in [1.807, 2.05) is 13.8 Å². The monoisotopic (exact) mass is 846 g/mol. The molecule has 290 valence electrons. The molecule has 2 aromatic rings. The fourth-order valence-electron chi connectivity index (χ4n) is 5.18. The fraction of sp³-hybridized carbons (Fsp3) is 0.667. The third-order valence-electron chi connectivity index (χ3n) is 7.77. The van der Waals surface area contributed by atoms with Crippen LogP contribution in [0.3, 0.4) is 0 Å². The fourth-order valence-corrected chi connectivity index (χ4v) is 8.03. The van der Waals surface area contributed by atoms with Gasteiger partial charge in [0.25, 0.3) is 11.8 Å². The summed E-state index contributed by atoms with van der Waals surface area (Å²) in [7, 11) is 1.40. The first kappa shape index (κ1) is 43.4. The van der Waals surface area contributed by atoms with Gasteiger partial charge in [-0.3, -0.25) is 19.4 Å². The number of alkyl carbamates (subject to hydrolysis) is 1. The second-order valence-corrected chi connectivity index (χ2v) is 23.1. The largest absolute Gasteiger partial charge is 0.468 e. The molecule has 0 saturated carbocycles. The van der Waals surface area contributed by atoms with Crippen LogP contribution < -0.4 is 10.7 Å². The average Bonchev–Trinajstić information content (AvgIpc) is 3.70. The average molecular weight is 848 g/mol. The Kier molecular flexibility index (Phi) is 15.8. The van der Waals surface area contributed by atoms with Crippen molar-refractivity contribution >= 4 is 76.5 Å². The van der Waals surface area contributed by atoms with Crippen LogP contribution >= 0.6 is 38.6 Å². The molecule has 0 aromatic carbocycles. The zero-order chi connectivity index (χ0) is 39.0. The molecule has 4 atom stereocenters. The maximum absolute atomic E-state index is 14.2. The van der Waals surface area contributed by atoms with Crippen LogP contribution in [0.15, 0.2) is 15.4 Å². The van der Waals surface area contributed by atoms with Gasteiger partial charge in [-0.2, -0.15) is 0 Å². The third kappa shape index (κ3) is 12.9. The van der Waals surface area contributed by atoms with Gasteiger partial charge >= 0.3 is 18.0 Å². The summed E-state index contributed by atoms with van der Waals surface area (Å²) < 4.78 is 22.8. The van der Waals surface area contributed by atoms with Crippen molar-refractivity contribution in [1.82, 2.24) is 30.6 Å². The first-order valence-corrected chi connectivity index (χ1v) is 23.2. The molecule has 1 aliphatic rings. The number of thiazole rings is 2. The molecule has 15 nitrogen and oxygen atoms in total. The van der Waals surface area contributed by atoms with Crippen LogP contribution in [0.5, 0.6) is 0 Å². The molecule has 3 heterocycles. The molecule has 19 heteroatoms. The number of halogens is 1. The minimum atomic E-state index is -1.42. The number of hydrogen-bond donors (Lipinski definition) is 2. The van der Waals surface area contributed by atoms with E-state index in [1.54, 1.807) is 38.6 Å². The summed E-state index contributed by atoms with van der Waals surface area (Å²) in [4.78, 5) is 76.6. The lowest BCUT2D eigenvalue weighted by Crippen LogP contribution is -2.61. The highest BCUT2D eigenvalue weighted by Gasteiger charge is 2.41. The SMILES string of the molecule is COC(=O)[C@@H]1CCCN(C(=O)[C@@H](NC(=O)OC(C)(C)C)[C@H](OCc2csc(C(=O)N(C)[C@H](C(=O)OCC[Si](C)(C)C)C(C)C)n2)c2nc(Br)cs2)N1. The van der Waals surface area contributed by atoms with Crippen molar-refractivity contribution in [3.63, 3.8) is 0 Å². The molecule has 1 saturated heterocycles. The van der Waals surface area contributed by atoms with E-state index in [-0.39, 0.29) is 24.1 Å². The molecule has 1 aliphatic heterocycles. The molecular weight excluding hydrogens is 797 g/mol. The van der Waals surface area contributed by atoms with Gasteiger partial charge in [0.2, 0.25) is 0 Å². The number of rotatable bonds is 15. The van der Waals surface area contributed by atoms with Crippen molar-refractivity contribution in [2.75, 3.05) is 27.3 Å². The van der Waals surface area contributed by atoms with E-state index in [0.717, 1.165) is 17.4 Å². The number of hydrogen-bond acceptors (Lipinski definition) is 14. The summed E-state index contributed by atoms with van der Waals surface area (Å²) >= 11 is 5.65. The second-order valence-electron chi connectivity index (χ2n) is 14.9. The van der Waals surface area contributed by atoms with E-state index in [2.05, 4.69) is 56.3 Å². The lowest BCUT2D eigenvalue weighted by atomic mass is 10.0. The van der Waals surface area contributed by atoms with Gasteiger partial charge in [0.05, 0.1) is 26.0 Å². The summed E-state index contributed by atoms with van der Waals surface area (Å²) in [6.07, 6.45) is -1.04. The Morgan fingerprint density at radius 2 is 1.83 bits per heavy atom. The van der Waals surface area contributed by atoms with Crippen molar-refractivity contribution < 1.29 is 42.9 Å². The quantitative estimate of drug-likeness (QED) is 0.137. The van der Waals surface area contributed by atoms with E-state index in [0.29, 0.717) is 34.8 Å². The van der Waals surface area contributed by atoms with Gasteiger partial charge < -0.3 is 29.2 Å². The zero-order valence-corrected chi connectivity index (χ0v) is 35.7. The van der Waals surface area contributed by atoms with Crippen molar-refractivity contribution in [1.29, 1.82) is 0 Å². The highest BCUT2D eigenvalue weighted by Crippen LogP contribution is 2.30. The molecule has 0 unspecified atom stereocenters. The highest BCUT2D eigenvalue weighted by atomic mass is 79.9. The molecule has 52 heavy (non-hydrogen) atoms. The molecule has 0 spiro atoms. The first-order valence-electron chi connectivity index (χ1n) is 17.0. The summed E-state index contributed by atoms with van der Waals surface area (Å²) in [6, 6.07) is -2.11. The molecule has 2 N–H and O–H groups in total. The topological polar surface area (TPSA) is 179 Å². The number of amides is 3. The van der Waals surface area contributed by atoms with Gasteiger partial charge in [0.1, 0.15) is 39.4 Å². The smallest absolute Gasteiger partial charge is 0.408 e.